The molecule has 0 spiro atoms. The van der Waals surface area contributed by atoms with E-state index in [4.69, 9.17) is 0 Å². The lowest BCUT2D eigenvalue weighted by molar-refractivity contribution is 1.63. The molecule has 9 aromatic rings. The van der Waals surface area contributed by atoms with Crippen molar-refractivity contribution in [2.24, 2.45) is 0 Å². The Morgan fingerprint density at radius 2 is 0.810 bits per heavy atom. The van der Waals surface area contributed by atoms with Gasteiger partial charge in [-0.1, -0.05) is 152 Å². The van der Waals surface area contributed by atoms with E-state index in [2.05, 4.69) is 158 Å². The summed E-state index contributed by atoms with van der Waals surface area (Å²) < 4.78 is 0. The Hall–Kier alpha value is -5.46. The molecule has 0 aliphatic rings. The van der Waals surface area contributed by atoms with Crippen LogP contribution in [0.3, 0.4) is 0 Å². The molecule has 0 aromatic heterocycles. The Bertz CT molecular complexity index is 2420. The SMILES string of the molecule is c1ccc(-c2ccc3c(-c4ccc5ccc6cccc7ccc4c5c67)c4ccccc4c(-c4ccccc4)c3c2)cc1. The fourth-order valence-electron chi connectivity index (χ4n) is 7.15. The Balaban J connectivity index is 1.47. The van der Waals surface area contributed by atoms with E-state index >= 15 is 0 Å². The van der Waals surface area contributed by atoms with Gasteiger partial charge in [-0.15, -0.1) is 0 Å². The van der Waals surface area contributed by atoms with Gasteiger partial charge in [-0.3, -0.25) is 0 Å². The maximum Gasteiger partial charge on any atom is -0.00201 e. The third-order valence-electron chi connectivity index (χ3n) is 8.99. The van der Waals surface area contributed by atoms with Crippen LogP contribution in [-0.4, -0.2) is 0 Å². The van der Waals surface area contributed by atoms with Crippen molar-refractivity contribution in [3.8, 4) is 33.4 Å². The Kier molecular flexibility index (Phi) is 5.00. The van der Waals surface area contributed by atoms with Crippen molar-refractivity contribution >= 4 is 53.9 Å². The van der Waals surface area contributed by atoms with Crippen LogP contribution in [0.2, 0.25) is 0 Å². The Labute approximate surface area is 244 Å². The van der Waals surface area contributed by atoms with Crippen LogP contribution in [0.1, 0.15) is 0 Å². The molecule has 0 heterocycles. The summed E-state index contributed by atoms with van der Waals surface area (Å²) in [6.07, 6.45) is 0. The van der Waals surface area contributed by atoms with Gasteiger partial charge in [-0.2, -0.15) is 0 Å². The minimum atomic E-state index is 1.23. The minimum Gasteiger partial charge on any atom is -0.0622 e. The van der Waals surface area contributed by atoms with Crippen molar-refractivity contribution < 1.29 is 0 Å². The number of hydrogen-bond acceptors (Lipinski definition) is 0. The number of rotatable bonds is 3. The summed E-state index contributed by atoms with van der Waals surface area (Å²) in [7, 11) is 0. The number of benzene rings is 9. The van der Waals surface area contributed by atoms with Crippen molar-refractivity contribution in [3.05, 3.63) is 158 Å². The first kappa shape index (κ1) is 23.3. The highest BCUT2D eigenvalue weighted by atomic mass is 14.2. The molecule has 0 amide bonds. The molecule has 194 valence electrons. The second-order valence-corrected chi connectivity index (χ2v) is 11.3. The summed E-state index contributed by atoms with van der Waals surface area (Å²) in [5, 5.41) is 13.0. The average molecular weight is 531 g/mol. The monoisotopic (exact) mass is 530 g/mol. The molecular formula is C42H26. The standard InChI is InChI=1S/C42H26/c1-3-10-27(11-4-1)32-22-25-37-38(26-32)40(28-12-5-2-6-13-28)33-16-7-8-17-34(33)42(37)36-24-21-31-19-18-29-14-9-15-30-20-23-35(36)41(31)39(29)30/h1-26H. The zero-order valence-electron chi connectivity index (χ0n) is 23.0. The van der Waals surface area contributed by atoms with Crippen molar-refractivity contribution in [3.63, 3.8) is 0 Å². The highest BCUT2D eigenvalue weighted by Gasteiger charge is 2.20. The maximum absolute atomic E-state index is 2.40. The molecular weight excluding hydrogens is 504 g/mol. The first-order valence-electron chi connectivity index (χ1n) is 14.6. The molecule has 0 aliphatic carbocycles. The molecule has 0 radical (unpaired) electrons. The van der Waals surface area contributed by atoms with Crippen LogP contribution in [0.5, 0.6) is 0 Å². The van der Waals surface area contributed by atoms with E-state index in [9.17, 15) is 0 Å². The average Bonchev–Trinajstić information content (AvgIpc) is 3.07. The predicted octanol–water partition coefficient (Wildman–Crippen LogP) is 11.9. The second-order valence-electron chi connectivity index (χ2n) is 11.3. The summed E-state index contributed by atoms with van der Waals surface area (Å²) in [5.41, 5.74) is 7.59. The van der Waals surface area contributed by atoms with Crippen LogP contribution in [0, 0.1) is 0 Å². The van der Waals surface area contributed by atoms with Gasteiger partial charge in [0.2, 0.25) is 0 Å². The fourth-order valence-corrected chi connectivity index (χ4v) is 7.15. The highest BCUT2D eigenvalue weighted by Crippen LogP contribution is 2.47. The molecule has 9 aromatic carbocycles. The second kappa shape index (κ2) is 9.03. The van der Waals surface area contributed by atoms with E-state index in [0.29, 0.717) is 0 Å². The molecule has 0 nitrogen and oxygen atoms in total. The quantitative estimate of drug-likeness (QED) is 0.157. The summed E-state index contributed by atoms with van der Waals surface area (Å²) in [4.78, 5) is 0. The molecule has 0 fully saturated rings. The molecule has 0 N–H and O–H groups in total. The van der Waals surface area contributed by atoms with Gasteiger partial charge in [0.25, 0.3) is 0 Å². The van der Waals surface area contributed by atoms with E-state index in [-0.39, 0.29) is 0 Å². The molecule has 42 heavy (non-hydrogen) atoms. The molecule has 0 aliphatic heterocycles. The molecule has 0 saturated heterocycles. The van der Waals surface area contributed by atoms with Gasteiger partial charge >= 0.3 is 0 Å². The zero-order chi connectivity index (χ0) is 27.6. The van der Waals surface area contributed by atoms with Crippen molar-refractivity contribution in [2.75, 3.05) is 0 Å². The normalized spacial score (nSPS) is 11.8. The van der Waals surface area contributed by atoms with E-state index in [0.717, 1.165) is 0 Å². The molecule has 0 heteroatoms. The van der Waals surface area contributed by atoms with Crippen LogP contribution in [0.15, 0.2) is 158 Å². The lowest BCUT2D eigenvalue weighted by Gasteiger charge is -2.20. The van der Waals surface area contributed by atoms with Crippen LogP contribution in [-0.2, 0) is 0 Å². The van der Waals surface area contributed by atoms with E-state index in [1.807, 2.05) is 0 Å². The molecule has 0 saturated carbocycles. The number of fused-ring (bicyclic) bond motifs is 2. The maximum atomic E-state index is 2.40. The smallest absolute Gasteiger partial charge is 0.00201 e. The van der Waals surface area contributed by atoms with Gasteiger partial charge in [-0.05, 0) is 93.3 Å². The lowest BCUT2D eigenvalue weighted by Crippen LogP contribution is -1.93. The zero-order valence-corrected chi connectivity index (χ0v) is 23.0. The van der Waals surface area contributed by atoms with Gasteiger partial charge in [0.1, 0.15) is 0 Å². The van der Waals surface area contributed by atoms with E-state index < -0.39 is 0 Å². The van der Waals surface area contributed by atoms with E-state index in [1.54, 1.807) is 0 Å². The third kappa shape index (κ3) is 3.36. The van der Waals surface area contributed by atoms with Gasteiger partial charge in [0.05, 0.1) is 0 Å². The van der Waals surface area contributed by atoms with E-state index in [1.165, 1.54) is 87.2 Å². The van der Waals surface area contributed by atoms with Crippen molar-refractivity contribution in [1.82, 2.24) is 0 Å². The van der Waals surface area contributed by atoms with Crippen LogP contribution in [0.25, 0.3) is 87.2 Å². The highest BCUT2D eigenvalue weighted by molar-refractivity contribution is 6.29. The molecule has 0 unspecified atom stereocenters. The van der Waals surface area contributed by atoms with Gasteiger partial charge in [0.15, 0.2) is 0 Å². The molecule has 9 rings (SSSR count). The van der Waals surface area contributed by atoms with Crippen LogP contribution >= 0.6 is 0 Å². The molecule has 0 atom stereocenters. The topological polar surface area (TPSA) is 0 Å². The van der Waals surface area contributed by atoms with Gasteiger partial charge in [0, 0.05) is 0 Å². The van der Waals surface area contributed by atoms with Crippen molar-refractivity contribution in [2.45, 2.75) is 0 Å². The summed E-state index contributed by atoms with van der Waals surface area (Å²) >= 11 is 0. The Morgan fingerprint density at radius 3 is 1.55 bits per heavy atom. The Morgan fingerprint density at radius 1 is 0.262 bits per heavy atom. The first-order chi connectivity index (χ1) is 20.8. The first-order valence-corrected chi connectivity index (χ1v) is 14.6. The summed E-state index contributed by atoms with van der Waals surface area (Å²) in [5.74, 6) is 0. The predicted molar refractivity (Wildman–Crippen MR) is 181 cm³/mol. The van der Waals surface area contributed by atoms with Crippen LogP contribution in [0.4, 0.5) is 0 Å². The van der Waals surface area contributed by atoms with Gasteiger partial charge < -0.3 is 0 Å². The van der Waals surface area contributed by atoms with Crippen molar-refractivity contribution in [1.29, 1.82) is 0 Å². The van der Waals surface area contributed by atoms with Crippen LogP contribution < -0.4 is 0 Å². The fraction of sp³-hybridized carbons (Fsp3) is 0. The molecule has 0 bridgehead atoms. The number of hydrogen-bond donors (Lipinski definition) is 0. The lowest BCUT2D eigenvalue weighted by atomic mass is 9.82. The summed E-state index contributed by atoms with van der Waals surface area (Å²) in [6.45, 7) is 0. The third-order valence-corrected chi connectivity index (χ3v) is 8.99. The summed E-state index contributed by atoms with van der Waals surface area (Å²) in [6, 6.07) is 58.1. The largest absolute Gasteiger partial charge is 0.0622 e. The van der Waals surface area contributed by atoms with Gasteiger partial charge in [-0.25, -0.2) is 0 Å². The minimum absolute atomic E-state index is 1.23.